The topological polar surface area (TPSA) is 20.3 Å². The number of carbonyl (C=O) groups excluding carboxylic acids is 1. The first-order valence-corrected chi connectivity index (χ1v) is 10.0. The molecule has 2 nitrogen and oxygen atoms in total. The molecule has 3 rings (SSSR count). The fraction of sp³-hybridized carbons (Fsp3) is 0.0588. The summed E-state index contributed by atoms with van der Waals surface area (Å²) in [5.74, 6) is -0.0729. The highest BCUT2D eigenvalue weighted by molar-refractivity contribution is 9.10. The molecule has 1 amide bonds. The van der Waals surface area contributed by atoms with Gasteiger partial charge in [0.2, 0.25) is 0 Å². The van der Waals surface area contributed by atoms with Gasteiger partial charge in [-0.05, 0) is 54.3 Å². The van der Waals surface area contributed by atoms with Crippen molar-refractivity contribution in [3.05, 3.63) is 63.5 Å². The molecule has 1 aliphatic heterocycles. The number of carbonyl (C=O) groups is 1. The van der Waals surface area contributed by atoms with Crippen molar-refractivity contribution in [2.45, 2.75) is 4.90 Å². The number of benzene rings is 2. The van der Waals surface area contributed by atoms with Gasteiger partial charge >= 0.3 is 0 Å². The molecule has 2 aromatic carbocycles. The summed E-state index contributed by atoms with van der Waals surface area (Å²) in [7, 11) is 0. The molecular formula is C17H12BrNOS3. The average molecular weight is 422 g/mol. The van der Waals surface area contributed by atoms with Crippen LogP contribution in [0.2, 0.25) is 0 Å². The summed E-state index contributed by atoms with van der Waals surface area (Å²) < 4.78 is 1.53. The van der Waals surface area contributed by atoms with Gasteiger partial charge in [-0.25, -0.2) is 0 Å². The van der Waals surface area contributed by atoms with E-state index >= 15 is 0 Å². The normalized spacial score (nSPS) is 16.4. The van der Waals surface area contributed by atoms with Crippen molar-refractivity contribution in [3.63, 3.8) is 0 Å². The van der Waals surface area contributed by atoms with Gasteiger partial charge in [0, 0.05) is 9.37 Å². The van der Waals surface area contributed by atoms with Crippen molar-refractivity contribution in [1.82, 2.24) is 0 Å². The molecule has 116 valence electrons. The highest BCUT2D eigenvalue weighted by atomic mass is 79.9. The average Bonchev–Trinajstić information content (AvgIpc) is 2.83. The number of thiocarbonyl (C=S) groups is 1. The summed E-state index contributed by atoms with van der Waals surface area (Å²) in [6.45, 7) is 0. The van der Waals surface area contributed by atoms with Crippen LogP contribution in [0.25, 0.3) is 6.08 Å². The van der Waals surface area contributed by atoms with Gasteiger partial charge in [0.25, 0.3) is 5.91 Å². The number of halogens is 1. The van der Waals surface area contributed by atoms with Gasteiger partial charge in [-0.15, -0.1) is 11.8 Å². The minimum Gasteiger partial charge on any atom is -0.268 e. The van der Waals surface area contributed by atoms with Gasteiger partial charge in [-0.1, -0.05) is 52.0 Å². The SMILES string of the molecule is CSc1ccc(/C=C2/SC(=S)N(c3ccc(Br)cc3)C2=O)cc1. The van der Waals surface area contributed by atoms with E-state index in [1.807, 2.05) is 60.9 Å². The Morgan fingerprint density at radius 1 is 1.13 bits per heavy atom. The lowest BCUT2D eigenvalue weighted by Gasteiger charge is -2.14. The van der Waals surface area contributed by atoms with Gasteiger partial charge in [0.1, 0.15) is 0 Å². The van der Waals surface area contributed by atoms with Crippen LogP contribution in [0.15, 0.2) is 62.8 Å². The summed E-state index contributed by atoms with van der Waals surface area (Å²) >= 11 is 11.8. The molecule has 0 N–H and O–H groups in total. The van der Waals surface area contributed by atoms with E-state index in [9.17, 15) is 4.79 Å². The fourth-order valence-corrected chi connectivity index (χ4v) is 4.10. The van der Waals surface area contributed by atoms with E-state index < -0.39 is 0 Å². The Bertz CT molecular complexity index is 784. The van der Waals surface area contributed by atoms with Gasteiger partial charge < -0.3 is 0 Å². The first-order chi connectivity index (χ1) is 11.1. The number of nitrogens with zero attached hydrogens (tertiary/aromatic N) is 1. The van der Waals surface area contributed by atoms with E-state index in [1.165, 1.54) is 16.7 Å². The lowest BCUT2D eigenvalue weighted by atomic mass is 10.2. The number of anilines is 1. The second-order valence-corrected chi connectivity index (χ2v) is 8.24. The molecule has 0 aliphatic carbocycles. The van der Waals surface area contributed by atoms with E-state index in [4.69, 9.17) is 12.2 Å². The third-order valence-corrected chi connectivity index (χ3v) is 5.87. The minimum atomic E-state index is -0.0729. The molecule has 0 bridgehead atoms. The molecule has 0 unspecified atom stereocenters. The Kier molecular flexibility index (Phi) is 5.26. The lowest BCUT2D eigenvalue weighted by Crippen LogP contribution is -2.27. The van der Waals surface area contributed by atoms with Crippen molar-refractivity contribution < 1.29 is 4.79 Å². The summed E-state index contributed by atoms with van der Waals surface area (Å²) in [4.78, 5) is 16.1. The van der Waals surface area contributed by atoms with Gasteiger partial charge in [0.05, 0.1) is 10.6 Å². The van der Waals surface area contributed by atoms with Crippen LogP contribution >= 0.6 is 51.7 Å². The monoisotopic (exact) mass is 421 g/mol. The molecule has 23 heavy (non-hydrogen) atoms. The maximum atomic E-state index is 12.7. The zero-order valence-corrected chi connectivity index (χ0v) is 16.2. The molecule has 6 heteroatoms. The Hall–Kier alpha value is -1.08. The van der Waals surface area contributed by atoms with Crippen LogP contribution in [0.1, 0.15) is 5.56 Å². The smallest absolute Gasteiger partial charge is 0.268 e. The first kappa shape index (κ1) is 16.8. The van der Waals surface area contributed by atoms with Crippen molar-refractivity contribution in [2.75, 3.05) is 11.2 Å². The number of rotatable bonds is 3. The van der Waals surface area contributed by atoms with Gasteiger partial charge in [0.15, 0.2) is 4.32 Å². The molecule has 0 atom stereocenters. The summed E-state index contributed by atoms with van der Waals surface area (Å²) in [6.07, 6.45) is 3.93. The quantitative estimate of drug-likeness (QED) is 0.366. The maximum Gasteiger partial charge on any atom is 0.270 e. The van der Waals surface area contributed by atoms with Crippen molar-refractivity contribution in [1.29, 1.82) is 0 Å². The predicted octanol–water partition coefficient (Wildman–Crippen LogP) is 5.58. The predicted molar refractivity (Wildman–Crippen MR) is 108 cm³/mol. The molecule has 1 fully saturated rings. The van der Waals surface area contributed by atoms with Gasteiger partial charge in [-0.2, -0.15) is 0 Å². The van der Waals surface area contributed by atoms with E-state index in [0.717, 1.165) is 15.7 Å². The fourth-order valence-electron chi connectivity index (χ4n) is 2.13. The molecule has 1 heterocycles. The Balaban J connectivity index is 1.88. The van der Waals surface area contributed by atoms with Crippen molar-refractivity contribution in [2.24, 2.45) is 0 Å². The summed E-state index contributed by atoms with van der Waals surface area (Å²) in [5.41, 5.74) is 1.79. The summed E-state index contributed by atoms with van der Waals surface area (Å²) in [5, 5.41) is 0. The number of amides is 1. The molecule has 0 saturated carbocycles. The van der Waals surface area contributed by atoms with Crippen LogP contribution < -0.4 is 4.90 Å². The van der Waals surface area contributed by atoms with Gasteiger partial charge in [-0.3, -0.25) is 9.69 Å². The second kappa shape index (κ2) is 7.21. The Labute approximate surface area is 157 Å². The highest BCUT2D eigenvalue weighted by Gasteiger charge is 2.33. The lowest BCUT2D eigenvalue weighted by molar-refractivity contribution is -0.113. The summed E-state index contributed by atoms with van der Waals surface area (Å²) in [6, 6.07) is 15.7. The van der Waals surface area contributed by atoms with E-state index in [1.54, 1.807) is 16.7 Å². The zero-order chi connectivity index (χ0) is 16.4. The zero-order valence-electron chi connectivity index (χ0n) is 12.2. The highest BCUT2D eigenvalue weighted by Crippen LogP contribution is 2.36. The van der Waals surface area contributed by atoms with Crippen LogP contribution in [-0.4, -0.2) is 16.5 Å². The second-order valence-electron chi connectivity index (χ2n) is 4.77. The van der Waals surface area contributed by atoms with E-state index in [-0.39, 0.29) is 5.91 Å². The van der Waals surface area contributed by atoms with Crippen LogP contribution in [0.4, 0.5) is 5.69 Å². The third kappa shape index (κ3) is 3.71. The minimum absolute atomic E-state index is 0.0729. The number of hydrogen-bond acceptors (Lipinski definition) is 4. The van der Waals surface area contributed by atoms with Crippen molar-refractivity contribution >= 4 is 73.7 Å². The molecular weight excluding hydrogens is 410 g/mol. The molecule has 1 saturated heterocycles. The maximum absolute atomic E-state index is 12.7. The molecule has 0 spiro atoms. The molecule has 1 aliphatic rings. The van der Waals surface area contributed by atoms with Crippen LogP contribution in [0.3, 0.4) is 0 Å². The van der Waals surface area contributed by atoms with E-state index in [0.29, 0.717) is 9.23 Å². The number of hydrogen-bond donors (Lipinski definition) is 0. The van der Waals surface area contributed by atoms with Crippen LogP contribution in [-0.2, 0) is 4.79 Å². The Morgan fingerprint density at radius 2 is 1.78 bits per heavy atom. The number of thioether (sulfide) groups is 2. The largest absolute Gasteiger partial charge is 0.270 e. The third-order valence-electron chi connectivity index (χ3n) is 3.29. The van der Waals surface area contributed by atoms with Crippen molar-refractivity contribution in [3.8, 4) is 0 Å². The standard InChI is InChI=1S/C17H12BrNOS3/c1-22-14-8-2-11(3-9-14)10-15-16(20)19(17(21)23-15)13-6-4-12(18)5-7-13/h2-10H,1H3/b15-10+. The molecule has 2 aromatic rings. The molecule has 0 radical (unpaired) electrons. The first-order valence-electron chi connectivity index (χ1n) is 6.76. The van der Waals surface area contributed by atoms with Crippen LogP contribution in [0, 0.1) is 0 Å². The Morgan fingerprint density at radius 3 is 2.39 bits per heavy atom. The van der Waals surface area contributed by atoms with Crippen LogP contribution in [0.5, 0.6) is 0 Å². The molecule has 0 aromatic heterocycles. The van der Waals surface area contributed by atoms with E-state index in [2.05, 4.69) is 15.9 Å².